The van der Waals surface area contributed by atoms with Gasteiger partial charge in [0.2, 0.25) is 0 Å². The Hall–Kier alpha value is -3.35. The van der Waals surface area contributed by atoms with Crippen LogP contribution in [0.25, 0.3) is 0 Å². The summed E-state index contributed by atoms with van der Waals surface area (Å²) >= 11 is 0. The molecule has 0 aliphatic carbocycles. The molecule has 0 unspecified atom stereocenters. The standard InChI is InChI=1S/C22H22N2O5/c25-20(17-3-6-19-16(13-17)9-12-29-19)23-18-4-1-14(2-5-18)21(26)24-10-7-15(8-11-24)22(27)28/h1-6,13,15H,7-12H2,(H,23,25)(H,27,28). The number of piperidine rings is 1. The normalized spacial score (nSPS) is 16.1. The number of anilines is 1. The van der Waals surface area contributed by atoms with Crippen molar-refractivity contribution in [1.82, 2.24) is 4.90 Å². The number of amides is 2. The molecule has 1 saturated heterocycles. The molecule has 0 atom stereocenters. The Morgan fingerprint density at radius 2 is 1.69 bits per heavy atom. The molecule has 0 bridgehead atoms. The van der Waals surface area contributed by atoms with Crippen molar-refractivity contribution in [3.8, 4) is 5.75 Å². The van der Waals surface area contributed by atoms with Crippen molar-refractivity contribution in [2.24, 2.45) is 5.92 Å². The van der Waals surface area contributed by atoms with Crippen LogP contribution >= 0.6 is 0 Å². The highest BCUT2D eigenvalue weighted by atomic mass is 16.5. The molecule has 0 saturated carbocycles. The number of carboxylic acid groups (broad SMARTS) is 1. The Morgan fingerprint density at radius 1 is 1.00 bits per heavy atom. The smallest absolute Gasteiger partial charge is 0.306 e. The van der Waals surface area contributed by atoms with Crippen LogP contribution in [-0.4, -0.2) is 47.5 Å². The molecule has 0 radical (unpaired) electrons. The van der Waals surface area contributed by atoms with Crippen molar-refractivity contribution < 1.29 is 24.2 Å². The number of rotatable bonds is 4. The van der Waals surface area contributed by atoms with Crippen molar-refractivity contribution in [2.75, 3.05) is 25.0 Å². The van der Waals surface area contributed by atoms with E-state index < -0.39 is 5.97 Å². The summed E-state index contributed by atoms with van der Waals surface area (Å²) in [6, 6.07) is 12.1. The molecule has 4 rings (SSSR count). The van der Waals surface area contributed by atoms with Crippen LogP contribution in [0.5, 0.6) is 5.75 Å². The quantitative estimate of drug-likeness (QED) is 0.831. The van der Waals surface area contributed by atoms with Crippen molar-refractivity contribution in [3.05, 3.63) is 59.2 Å². The number of fused-ring (bicyclic) bond motifs is 1. The second-order valence-electron chi connectivity index (χ2n) is 7.36. The van der Waals surface area contributed by atoms with Gasteiger partial charge in [-0.1, -0.05) is 0 Å². The van der Waals surface area contributed by atoms with E-state index in [-0.39, 0.29) is 17.7 Å². The van der Waals surface area contributed by atoms with Gasteiger partial charge in [0.25, 0.3) is 11.8 Å². The van der Waals surface area contributed by atoms with Crippen molar-refractivity contribution in [3.63, 3.8) is 0 Å². The topological polar surface area (TPSA) is 95.9 Å². The van der Waals surface area contributed by atoms with Crippen molar-refractivity contribution in [1.29, 1.82) is 0 Å². The van der Waals surface area contributed by atoms with E-state index in [1.54, 1.807) is 35.2 Å². The van der Waals surface area contributed by atoms with Gasteiger partial charge in [-0.15, -0.1) is 0 Å². The Labute approximate surface area is 168 Å². The average Bonchev–Trinajstić information content (AvgIpc) is 3.21. The summed E-state index contributed by atoms with van der Waals surface area (Å²) < 4.78 is 5.46. The maximum Gasteiger partial charge on any atom is 0.306 e. The SMILES string of the molecule is O=C(Nc1ccc(C(=O)N2CCC(C(=O)O)CC2)cc1)c1ccc2c(c1)CCO2. The fourth-order valence-electron chi connectivity index (χ4n) is 3.74. The molecule has 0 spiro atoms. The number of aliphatic carboxylic acids is 1. The predicted molar refractivity (Wildman–Crippen MR) is 106 cm³/mol. The van der Waals surface area contributed by atoms with Gasteiger partial charge >= 0.3 is 5.97 Å². The third-order valence-electron chi connectivity index (χ3n) is 5.47. The number of likely N-dealkylation sites (tertiary alicyclic amines) is 1. The third kappa shape index (κ3) is 4.08. The number of hydrogen-bond donors (Lipinski definition) is 2. The number of nitrogens with zero attached hydrogens (tertiary/aromatic N) is 1. The minimum atomic E-state index is -0.798. The molecular weight excluding hydrogens is 372 g/mol. The molecule has 2 aliphatic heterocycles. The predicted octanol–water partition coefficient (Wildman–Crippen LogP) is 2.81. The number of hydrogen-bond acceptors (Lipinski definition) is 4. The lowest BCUT2D eigenvalue weighted by atomic mass is 9.96. The van der Waals surface area contributed by atoms with Gasteiger partial charge in [0.1, 0.15) is 5.75 Å². The maximum atomic E-state index is 12.6. The van der Waals surface area contributed by atoms with Crippen LogP contribution in [0.15, 0.2) is 42.5 Å². The van der Waals surface area contributed by atoms with Crippen LogP contribution in [0.1, 0.15) is 39.1 Å². The zero-order valence-electron chi connectivity index (χ0n) is 15.9. The molecule has 2 aromatic rings. The molecule has 2 aliphatic rings. The van der Waals surface area contributed by atoms with Gasteiger partial charge in [-0.3, -0.25) is 14.4 Å². The summed E-state index contributed by atoms with van der Waals surface area (Å²) in [4.78, 5) is 37.8. The van der Waals surface area contributed by atoms with E-state index in [0.29, 0.717) is 49.4 Å². The van der Waals surface area contributed by atoms with Gasteiger partial charge in [-0.2, -0.15) is 0 Å². The maximum absolute atomic E-state index is 12.6. The van der Waals surface area contributed by atoms with Crippen molar-refractivity contribution >= 4 is 23.5 Å². The monoisotopic (exact) mass is 394 g/mol. The highest BCUT2D eigenvalue weighted by Crippen LogP contribution is 2.26. The molecule has 1 fully saturated rings. The minimum absolute atomic E-state index is 0.120. The molecule has 0 aromatic heterocycles. The molecule has 2 heterocycles. The second-order valence-corrected chi connectivity index (χ2v) is 7.36. The van der Waals surface area contributed by atoms with Gasteiger partial charge in [0.15, 0.2) is 0 Å². The fourth-order valence-corrected chi connectivity index (χ4v) is 3.74. The molecule has 7 nitrogen and oxygen atoms in total. The first-order chi connectivity index (χ1) is 14.0. The van der Waals surface area contributed by atoms with Crippen molar-refractivity contribution in [2.45, 2.75) is 19.3 Å². The Balaban J connectivity index is 1.37. The highest BCUT2D eigenvalue weighted by Gasteiger charge is 2.27. The van der Waals surface area contributed by atoms with E-state index in [1.165, 1.54) is 0 Å². The summed E-state index contributed by atoms with van der Waals surface area (Å²) in [5, 5.41) is 11.9. The lowest BCUT2D eigenvalue weighted by molar-refractivity contribution is -0.143. The first-order valence-electron chi connectivity index (χ1n) is 9.70. The number of carboxylic acids is 1. The Kier molecular flexibility index (Phi) is 5.20. The first kappa shape index (κ1) is 19.0. The molecule has 2 aromatic carbocycles. The van der Waals surface area contributed by atoms with Gasteiger partial charge in [-0.05, 0) is 60.9 Å². The molecule has 29 heavy (non-hydrogen) atoms. The Bertz CT molecular complexity index is 946. The van der Waals surface area contributed by atoms with Crippen LogP contribution < -0.4 is 10.1 Å². The fraction of sp³-hybridized carbons (Fsp3) is 0.318. The summed E-state index contributed by atoms with van der Waals surface area (Å²) in [6.45, 7) is 1.52. The average molecular weight is 394 g/mol. The van der Waals surface area contributed by atoms with E-state index in [0.717, 1.165) is 17.7 Å². The van der Waals surface area contributed by atoms with Crippen LogP contribution in [0.2, 0.25) is 0 Å². The number of ether oxygens (including phenoxy) is 1. The second kappa shape index (κ2) is 7.95. The lowest BCUT2D eigenvalue weighted by Gasteiger charge is -2.30. The minimum Gasteiger partial charge on any atom is -0.493 e. The van der Waals surface area contributed by atoms with Gasteiger partial charge < -0.3 is 20.1 Å². The summed E-state index contributed by atoms with van der Waals surface area (Å²) in [6.07, 6.45) is 1.75. The number of nitrogens with one attached hydrogen (secondary N) is 1. The molecule has 150 valence electrons. The summed E-state index contributed by atoms with van der Waals surface area (Å²) in [5.41, 5.74) is 2.72. The van der Waals surface area contributed by atoms with E-state index in [9.17, 15) is 14.4 Å². The molecule has 2 N–H and O–H groups in total. The number of benzene rings is 2. The molecule has 2 amide bonds. The molecular formula is C22H22N2O5. The van der Waals surface area contributed by atoms with Crippen LogP contribution in [0.3, 0.4) is 0 Å². The third-order valence-corrected chi connectivity index (χ3v) is 5.47. The van der Waals surface area contributed by atoms with Crippen LogP contribution in [-0.2, 0) is 11.2 Å². The van der Waals surface area contributed by atoms with E-state index >= 15 is 0 Å². The summed E-state index contributed by atoms with van der Waals surface area (Å²) in [5.74, 6) is -0.674. The zero-order valence-corrected chi connectivity index (χ0v) is 15.9. The highest BCUT2D eigenvalue weighted by molar-refractivity contribution is 6.04. The van der Waals surface area contributed by atoms with Gasteiger partial charge in [0, 0.05) is 36.3 Å². The summed E-state index contributed by atoms with van der Waals surface area (Å²) in [7, 11) is 0. The van der Waals surface area contributed by atoms with E-state index in [2.05, 4.69) is 5.32 Å². The number of carbonyl (C=O) groups excluding carboxylic acids is 2. The lowest BCUT2D eigenvalue weighted by Crippen LogP contribution is -2.40. The van der Waals surface area contributed by atoms with Crippen LogP contribution in [0, 0.1) is 5.92 Å². The van der Waals surface area contributed by atoms with E-state index in [4.69, 9.17) is 9.84 Å². The number of carbonyl (C=O) groups is 3. The van der Waals surface area contributed by atoms with Gasteiger partial charge in [0.05, 0.1) is 12.5 Å². The first-order valence-corrected chi connectivity index (χ1v) is 9.70. The molecule has 7 heteroatoms. The largest absolute Gasteiger partial charge is 0.493 e. The zero-order chi connectivity index (χ0) is 20.4. The Morgan fingerprint density at radius 3 is 2.38 bits per heavy atom. The van der Waals surface area contributed by atoms with Gasteiger partial charge in [-0.25, -0.2) is 0 Å². The van der Waals surface area contributed by atoms with Crippen LogP contribution in [0.4, 0.5) is 5.69 Å². The van der Waals surface area contributed by atoms with E-state index in [1.807, 2.05) is 12.1 Å².